The molecule has 0 saturated heterocycles. The summed E-state index contributed by atoms with van der Waals surface area (Å²) >= 11 is 10.1. The van der Waals surface area contributed by atoms with Crippen LogP contribution in [0.15, 0.2) is 249 Å². The van der Waals surface area contributed by atoms with Gasteiger partial charge in [0.05, 0.1) is 150 Å². The molecule has 16 rings (SSSR count). The molecule has 0 aliphatic carbocycles. The van der Waals surface area contributed by atoms with E-state index in [1.807, 2.05) is 219 Å². The average Bonchev–Trinajstić information content (AvgIpc) is 0.773. The van der Waals surface area contributed by atoms with E-state index in [1.54, 1.807) is 24.8 Å². The maximum atomic E-state index is 8.96. The Morgan fingerprint density at radius 3 is 1.09 bits per heavy atom. The Morgan fingerprint density at radius 2 is 0.582 bits per heavy atom. The summed E-state index contributed by atoms with van der Waals surface area (Å²) in [4.78, 5) is 30.4. The van der Waals surface area contributed by atoms with E-state index in [9.17, 15) is 0 Å². The monoisotopic (exact) mass is 2080 g/mol. The van der Waals surface area contributed by atoms with Crippen molar-refractivity contribution in [3.63, 3.8) is 0 Å². The van der Waals surface area contributed by atoms with Gasteiger partial charge in [-0.2, -0.15) is 42.1 Å². The van der Waals surface area contributed by atoms with E-state index in [0.29, 0.717) is 96.7 Å². The maximum absolute atomic E-state index is 8.96. The van der Waals surface area contributed by atoms with Gasteiger partial charge in [0, 0.05) is 109 Å². The van der Waals surface area contributed by atoms with Gasteiger partial charge in [0.1, 0.15) is 0 Å². The second-order valence-electron chi connectivity index (χ2n) is 30.5. The van der Waals surface area contributed by atoms with E-state index in [-0.39, 0.29) is 60.1 Å². The SMILES string of the molecule is N.N.N#CCc1c(CSC(=N)N)ccc2ccccc12.N#CCc1c(CSC(=N)N)ccc2cccnc12.N#CCc1cc(CSC(=N)N)c2ccccc2c1.N#CCc1cc(CSC(=N)N)c2ccccc2n1.N#CCc1cc(CSC(=N)N)c2cccnc2c1.N#CCc1cc(CSC(=N)N)c2cnccc2c1.N#CCc1cc2ccccc2c(CSC(=N)N)n1.N#CCc1cc2ncccc2c(CSC(=N)N)n1. The van der Waals surface area contributed by atoms with Crippen LogP contribution in [0.1, 0.15) is 89.7 Å². The number of hydrogen-bond donors (Lipinski definition) is 18. The topological polar surface area (TPSA) is 750 Å². The summed E-state index contributed by atoms with van der Waals surface area (Å²) in [6.07, 6.45) is 11.4. The summed E-state index contributed by atoms with van der Waals surface area (Å²) in [6.45, 7) is 0. The zero-order valence-corrected chi connectivity index (χ0v) is 85.5. The van der Waals surface area contributed by atoms with Gasteiger partial charge in [0.15, 0.2) is 41.3 Å². The van der Waals surface area contributed by atoms with Gasteiger partial charge in [-0.25, -0.2) is 0 Å². The van der Waals surface area contributed by atoms with Crippen molar-refractivity contribution < 1.29 is 0 Å². The van der Waals surface area contributed by atoms with Crippen molar-refractivity contribution in [1.82, 2.24) is 47.2 Å². The second-order valence-corrected chi connectivity index (χ2v) is 38.6. The van der Waals surface area contributed by atoms with Crippen LogP contribution < -0.4 is 58.2 Å². The van der Waals surface area contributed by atoms with Gasteiger partial charge in [-0.3, -0.25) is 78.2 Å². The molecule has 0 amide bonds. The summed E-state index contributed by atoms with van der Waals surface area (Å²) in [5.41, 5.74) is 61.5. The minimum absolute atomic E-state index is 0. The fourth-order valence-electron chi connectivity index (χ4n) is 14.4. The molecule has 16 aromatic rings. The first-order chi connectivity index (χ1) is 69.7. The number of nitrogens with zero attached hydrogens (tertiary/aromatic N) is 15. The minimum atomic E-state index is 0. The summed E-state index contributed by atoms with van der Waals surface area (Å²) in [5.74, 6) is 4.82. The van der Waals surface area contributed by atoms with Crippen LogP contribution in [0.2, 0.25) is 0 Å². The predicted octanol–water partition coefficient (Wildman–Crippen LogP) is 20.3. The number of pyridine rings is 7. The summed E-state index contributed by atoms with van der Waals surface area (Å²) in [5, 5.41) is 142. The van der Waals surface area contributed by atoms with Crippen LogP contribution in [-0.4, -0.2) is 76.2 Å². The van der Waals surface area contributed by atoms with E-state index in [2.05, 4.69) is 89.5 Å². The highest BCUT2D eigenvalue weighted by Crippen LogP contribution is 2.33. The molecule has 0 spiro atoms. The van der Waals surface area contributed by atoms with Crippen molar-refractivity contribution in [2.45, 2.75) is 97.4 Å². The summed E-state index contributed by atoms with van der Waals surface area (Å²) in [7, 11) is 0. The smallest absolute Gasteiger partial charge is 0.151 e. The molecule has 736 valence electrons. The Labute approximate surface area is 878 Å². The van der Waals surface area contributed by atoms with E-state index in [0.717, 1.165) is 171 Å². The fourth-order valence-corrected chi connectivity index (χ4v) is 18.8. The lowest BCUT2D eigenvalue weighted by atomic mass is 9.98. The van der Waals surface area contributed by atoms with Crippen LogP contribution >= 0.6 is 94.1 Å². The Kier molecular flexibility index (Phi) is 49.5. The van der Waals surface area contributed by atoms with Crippen LogP contribution in [-0.2, 0) is 97.4 Å². The predicted molar refractivity (Wildman–Crippen MR) is 606 cm³/mol. The maximum Gasteiger partial charge on any atom is 0.151 e. The molecule has 0 aliphatic rings. The Morgan fingerprint density at radius 1 is 0.247 bits per heavy atom. The molecular weight excluding hydrogens is 1980 g/mol. The second kappa shape index (κ2) is 62.0. The lowest BCUT2D eigenvalue weighted by Gasteiger charge is -2.10. The molecule has 33 nitrogen and oxygen atoms in total. The number of rotatable bonds is 24. The third-order valence-electron chi connectivity index (χ3n) is 20.5. The van der Waals surface area contributed by atoms with Gasteiger partial charge in [-0.1, -0.05) is 246 Å². The van der Waals surface area contributed by atoms with Crippen molar-refractivity contribution in [3.05, 3.63) is 339 Å². The lowest BCUT2D eigenvalue weighted by Crippen LogP contribution is -2.05. The molecule has 41 heteroatoms. The van der Waals surface area contributed by atoms with E-state index in [1.165, 1.54) is 94.1 Å². The molecular formula is C105H103N33S8. The number of fused-ring (bicyclic) bond motifs is 8. The minimum Gasteiger partial charge on any atom is -0.379 e. The molecule has 0 bridgehead atoms. The highest BCUT2D eigenvalue weighted by atomic mass is 32.2. The van der Waals surface area contributed by atoms with Gasteiger partial charge >= 0.3 is 0 Å². The van der Waals surface area contributed by atoms with Gasteiger partial charge in [-0.05, 0) is 160 Å². The Bertz CT molecular complexity index is 6770. The molecule has 30 N–H and O–H groups in total. The van der Waals surface area contributed by atoms with Crippen LogP contribution in [0, 0.1) is 134 Å². The van der Waals surface area contributed by atoms with Gasteiger partial charge in [-0.15, -0.1) is 0 Å². The zero-order chi connectivity index (χ0) is 104. The molecule has 0 radical (unpaired) electrons. The Balaban J connectivity index is 0.000000226. The molecule has 0 fully saturated rings. The lowest BCUT2D eigenvalue weighted by molar-refractivity contribution is 1.07. The van der Waals surface area contributed by atoms with Gasteiger partial charge in [0.2, 0.25) is 0 Å². The summed E-state index contributed by atoms with van der Waals surface area (Å²) in [6, 6.07) is 88.1. The van der Waals surface area contributed by atoms with Crippen LogP contribution in [0.25, 0.3) is 86.7 Å². The van der Waals surface area contributed by atoms with Gasteiger partial charge in [0.25, 0.3) is 0 Å². The number of aromatic nitrogens is 7. The van der Waals surface area contributed by atoms with E-state index < -0.39 is 0 Å². The van der Waals surface area contributed by atoms with Crippen molar-refractivity contribution in [2.75, 3.05) is 0 Å². The first-order valence-corrected chi connectivity index (χ1v) is 51.3. The molecule has 0 atom stereocenters. The molecule has 9 aromatic carbocycles. The number of amidine groups is 8. The number of nitriles is 8. The fraction of sp³-hybridized carbons (Fsp3) is 0.152. The van der Waals surface area contributed by atoms with E-state index >= 15 is 0 Å². The number of para-hydroxylation sites is 1. The Hall–Kier alpha value is -16.5. The number of nitrogens with one attached hydrogen (secondary N) is 8. The molecule has 0 saturated carbocycles. The molecule has 0 aliphatic heterocycles. The standard InChI is InChI=1S/2C14H13N3S.5C13H12N4S.C12H11N5S.2H3N/c15-6-5-10-7-11-3-1-2-4-13(11)12(8-10)9-18-14(16)17;15-8-7-13-11(9-18-14(16)17)6-5-10-3-1-2-4-12(10)13;14-3-1-9-5-10-2-4-17-7-12(10)11(6-9)8-18-13(15)16;14-6-5-11-10(8-18-13(15)16)4-3-9-2-1-7-17-12(9)11;14-4-3-9-6-10(8-18-13(15)16)11-2-1-5-17-12(11)7-9;14-6-5-10-7-9(8-18-13(15)16)11-3-1-2-4-12(11)17-10;14-6-5-10-7-9-3-1-2-4-11(9)12(17-10)8-18-13(15)16;13-4-3-8-6-10-9(2-1-5-16-10)11(17-8)7-18-12(14)15;;/h1-4,7-8H,5,9H2,(H3,16,17);1-6H,7,9H2,(H3,16,17);2,4-7H,1,8H2,(H3,15,16);1-4,7H,5,8H2,(H3,15,16);1-2,5-7H,3,8H2,(H3,15,16);2*1-4,7H,5,8H2,(H3,15,16);1-2,5-6H,3,7H2,(H3,14,15);2*1H3. The van der Waals surface area contributed by atoms with Crippen LogP contribution in [0.5, 0.6) is 0 Å². The van der Waals surface area contributed by atoms with Crippen molar-refractivity contribution in [1.29, 1.82) is 85.4 Å². The highest BCUT2D eigenvalue weighted by Gasteiger charge is 2.17. The van der Waals surface area contributed by atoms with Crippen molar-refractivity contribution >= 4 is 222 Å². The average molecular weight is 2080 g/mol. The molecule has 146 heavy (non-hydrogen) atoms. The number of thioether (sulfide) groups is 8. The third-order valence-corrected chi connectivity index (χ3v) is 26.6. The van der Waals surface area contributed by atoms with E-state index in [4.69, 9.17) is 131 Å². The largest absolute Gasteiger partial charge is 0.379 e. The molecule has 7 heterocycles. The van der Waals surface area contributed by atoms with Crippen molar-refractivity contribution in [2.24, 2.45) is 45.9 Å². The van der Waals surface area contributed by atoms with Crippen LogP contribution in [0.4, 0.5) is 0 Å². The number of benzene rings is 9. The number of nitrogens with two attached hydrogens (primary N) is 8. The first kappa shape index (κ1) is 116. The first-order valence-electron chi connectivity index (χ1n) is 43.4. The number of hydrogen-bond acceptors (Lipinski definition) is 33. The zero-order valence-electron chi connectivity index (χ0n) is 79.0. The highest BCUT2D eigenvalue weighted by molar-refractivity contribution is 8.14. The molecule has 7 aromatic heterocycles. The summed E-state index contributed by atoms with van der Waals surface area (Å²) < 4.78 is 0. The van der Waals surface area contributed by atoms with Crippen LogP contribution in [0.3, 0.4) is 0 Å². The quantitative estimate of drug-likeness (QED) is 0.0197. The normalized spacial score (nSPS) is 10.0. The molecule has 0 unspecified atom stereocenters. The van der Waals surface area contributed by atoms with Gasteiger partial charge < -0.3 is 58.2 Å². The van der Waals surface area contributed by atoms with Crippen molar-refractivity contribution in [3.8, 4) is 48.6 Å². The third kappa shape index (κ3) is 37.4.